The molecular weight excluding hydrogens is 283 g/mol. The Hall–Kier alpha value is -2.37. The standard InChI is InChI=1S/C15H12F3NO2/c1-15(14(20)21,8-9-2-4-19-5-3-9)13-11(17)6-10(16)7-12(13)18/h2-7H,8H2,1H3,(H,20,21). The maximum Gasteiger partial charge on any atom is 0.314 e. The van der Waals surface area contributed by atoms with Crippen molar-refractivity contribution in [1.82, 2.24) is 4.98 Å². The Morgan fingerprint density at radius 2 is 1.71 bits per heavy atom. The first kappa shape index (κ1) is 15.0. The molecule has 0 spiro atoms. The van der Waals surface area contributed by atoms with Crippen molar-refractivity contribution >= 4 is 5.97 Å². The summed E-state index contributed by atoms with van der Waals surface area (Å²) in [7, 11) is 0. The SMILES string of the molecule is CC(Cc1ccncc1)(C(=O)O)c1c(F)cc(F)cc1F. The minimum Gasteiger partial charge on any atom is -0.481 e. The molecule has 0 saturated carbocycles. The van der Waals surface area contributed by atoms with Crippen LogP contribution in [0.25, 0.3) is 0 Å². The summed E-state index contributed by atoms with van der Waals surface area (Å²) in [5.41, 5.74) is -1.96. The van der Waals surface area contributed by atoms with Gasteiger partial charge in [0.05, 0.1) is 5.41 Å². The van der Waals surface area contributed by atoms with Crippen LogP contribution in [0.4, 0.5) is 13.2 Å². The summed E-state index contributed by atoms with van der Waals surface area (Å²) in [6.45, 7) is 1.20. The fourth-order valence-electron chi connectivity index (χ4n) is 2.25. The van der Waals surface area contributed by atoms with Crippen LogP contribution in [0.15, 0.2) is 36.7 Å². The number of aliphatic carboxylic acids is 1. The van der Waals surface area contributed by atoms with Crippen molar-refractivity contribution in [2.45, 2.75) is 18.8 Å². The molecule has 1 heterocycles. The molecule has 0 aliphatic heterocycles. The Labute approximate surface area is 119 Å². The molecule has 21 heavy (non-hydrogen) atoms. The molecule has 0 bridgehead atoms. The van der Waals surface area contributed by atoms with E-state index in [0.717, 1.165) is 0 Å². The summed E-state index contributed by atoms with van der Waals surface area (Å²) in [6.07, 6.45) is 2.76. The Bertz CT molecular complexity index is 653. The van der Waals surface area contributed by atoms with E-state index in [1.807, 2.05) is 0 Å². The number of nitrogens with zero attached hydrogens (tertiary/aromatic N) is 1. The lowest BCUT2D eigenvalue weighted by molar-refractivity contribution is -0.143. The van der Waals surface area contributed by atoms with Crippen molar-refractivity contribution < 1.29 is 23.1 Å². The summed E-state index contributed by atoms with van der Waals surface area (Å²) < 4.78 is 40.8. The number of carboxylic acids is 1. The number of halogens is 3. The van der Waals surface area contributed by atoms with Crippen LogP contribution in [-0.2, 0) is 16.6 Å². The number of hydrogen-bond acceptors (Lipinski definition) is 2. The molecule has 1 N–H and O–H groups in total. The Balaban J connectivity index is 2.56. The van der Waals surface area contributed by atoms with Gasteiger partial charge in [-0.2, -0.15) is 0 Å². The summed E-state index contributed by atoms with van der Waals surface area (Å²) in [5.74, 6) is -4.92. The molecule has 0 aliphatic rings. The maximum absolute atomic E-state index is 13.9. The normalized spacial score (nSPS) is 13.7. The van der Waals surface area contributed by atoms with Crippen LogP contribution < -0.4 is 0 Å². The predicted molar refractivity (Wildman–Crippen MR) is 69.2 cm³/mol. The predicted octanol–water partition coefficient (Wildman–Crippen LogP) is 3.08. The van der Waals surface area contributed by atoms with E-state index in [9.17, 15) is 23.1 Å². The van der Waals surface area contributed by atoms with Crippen molar-refractivity contribution in [2.75, 3.05) is 0 Å². The van der Waals surface area contributed by atoms with Gasteiger partial charge in [-0.05, 0) is 31.0 Å². The number of aromatic nitrogens is 1. The molecule has 0 amide bonds. The van der Waals surface area contributed by atoms with Crippen LogP contribution in [0.2, 0.25) is 0 Å². The summed E-state index contributed by atoms with van der Waals surface area (Å²) >= 11 is 0. The van der Waals surface area contributed by atoms with E-state index in [2.05, 4.69) is 4.98 Å². The van der Waals surface area contributed by atoms with Crippen LogP contribution in [0.1, 0.15) is 18.1 Å². The lowest BCUT2D eigenvalue weighted by atomic mass is 9.77. The fraction of sp³-hybridized carbons (Fsp3) is 0.200. The molecule has 6 heteroatoms. The first-order chi connectivity index (χ1) is 9.84. The van der Waals surface area contributed by atoms with E-state index < -0.39 is 34.4 Å². The Kier molecular flexibility index (Phi) is 3.97. The van der Waals surface area contributed by atoms with Gasteiger partial charge in [0.1, 0.15) is 17.5 Å². The number of pyridine rings is 1. The third-order valence-electron chi connectivity index (χ3n) is 3.34. The van der Waals surface area contributed by atoms with E-state index in [1.54, 1.807) is 12.1 Å². The molecule has 1 atom stereocenters. The molecule has 1 unspecified atom stereocenters. The topological polar surface area (TPSA) is 50.2 Å². The number of carbonyl (C=O) groups is 1. The molecule has 3 nitrogen and oxygen atoms in total. The van der Waals surface area contributed by atoms with Gasteiger partial charge in [-0.3, -0.25) is 9.78 Å². The van der Waals surface area contributed by atoms with Gasteiger partial charge in [0.25, 0.3) is 0 Å². The second-order valence-electron chi connectivity index (χ2n) is 4.91. The molecule has 0 aliphatic carbocycles. The quantitative estimate of drug-likeness (QED) is 0.943. The first-order valence-electron chi connectivity index (χ1n) is 6.12. The van der Waals surface area contributed by atoms with Gasteiger partial charge >= 0.3 is 5.97 Å². The highest BCUT2D eigenvalue weighted by molar-refractivity contribution is 5.81. The van der Waals surface area contributed by atoms with E-state index in [-0.39, 0.29) is 6.42 Å². The highest BCUT2D eigenvalue weighted by Gasteiger charge is 2.40. The molecule has 110 valence electrons. The van der Waals surface area contributed by atoms with Crippen molar-refractivity contribution in [3.05, 3.63) is 65.2 Å². The third-order valence-corrected chi connectivity index (χ3v) is 3.34. The smallest absolute Gasteiger partial charge is 0.314 e. The zero-order chi connectivity index (χ0) is 15.6. The van der Waals surface area contributed by atoms with Gasteiger partial charge in [0.2, 0.25) is 0 Å². The van der Waals surface area contributed by atoms with Crippen LogP contribution in [-0.4, -0.2) is 16.1 Å². The average molecular weight is 295 g/mol. The molecular formula is C15H12F3NO2. The zero-order valence-electron chi connectivity index (χ0n) is 11.1. The number of carboxylic acid groups (broad SMARTS) is 1. The van der Waals surface area contributed by atoms with Crippen molar-refractivity contribution in [1.29, 1.82) is 0 Å². The van der Waals surface area contributed by atoms with Gasteiger partial charge in [-0.25, -0.2) is 13.2 Å². The van der Waals surface area contributed by atoms with E-state index in [1.165, 1.54) is 19.3 Å². The second kappa shape index (κ2) is 5.55. The van der Waals surface area contributed by atoms with E-state index >= 15 is 0 Å². The van der Waals surface area contributed by atoms with Crippen LogP contribution in [0.3, 0.4) is 0 Å². The Morgan fingerprint density at radius 3 is 2.19 bits per heavy atom. The van der Waals surface area contributed by atoms with Gasteiger partial charge in [0, 0.05) is 30.1 Å². The van der Waals surface area contributed by atoms with Gasteiger partial charge in [0.15, 0.2) is 0 Å². The summed E-state index contributed by atoms with van der Waals surface area (Å²) in [4.78, 5) is 15.4. The number of hydrogen-bond donors (Lipinski definition) is 1. The number of benzene rings is 1. The molecule has 0 fully saturated rings. The lowest BCUT2D eigenvalue weighted by Crippen LogP contribution is -2.37. The average Bonchev–Trinajstić information content (AvgIpc) is 2.38. The molecule has 0 saturated heterocycles. The fourth-order valence-corrected chi connectivity index (χ4v) is 2.25. The monoisotopic (exact) mass is 295 g/mol. The summed E-state index contributed by atoms with van der Waals surface area (Å²) in [5, 5.41) is 9.42. The lowest BCUT2D eigenvalue weighted by Gasteiger charge is -2.26. The van der Waals surface area contributed by atoms with E-state index in [4.69, 9.17) is 0 Å². The molecule has 2 aromatic rings. The highest BCUT2D eigenvalue weighted by Crippen LogP contribution is 2.33. The molecule has 1 aromatic carbocycles. The second-order valence-corrected chi connectivity index (χ2v) is 4.91. The van der Waals surface area contributed by atoms with Crippen LogP contribution in [0.5, 0.6) is 0 Å². The molecule has 1 aromatic heterocycles. The zero-order valence-corrected chi connectivity index (χ0v) is 11.1. The first-order valence-corrected chi connectivity index (χ1v) is 6.12. The van der Waals surface area contributed by atoms with Crippen LogP contribution >= 0.6 is 0 Å². The maximum atomic E-state index is 13.9. The van der Waals surface area contributed by atoms with Gasteiger partial charge in [-0.15, -0.1) is 0 Å². The largest absolute Gasteiger partial charge is 0.481 e. The van der Waals surface area contributed by atoms with Crippen LogP contribution in [0, 0.1) is 17.5 Å². The highest BCUT2D eigenvalue weighted by atomic mass is 19.1. The minimum absolute atomic E-state index is 0.148. The number of rotatable bonds is 4. The van der Waals surface area contributed by atoms with Gasteiger partial charge in [-0.1, -0.05) is 0 Å². The minimum atomic E-state index is -1.86. The molecule has 2 rings (SSSR count). The van der Waals surface area contributed by atoms with E-state index in [0.29, 0.717) is 17.7 Å². The van der Waals surface area contributed by atoms with Gasteiger partial charge < -0.3 is 5.11 Å². The van der Waals surface area contributed by atoms with Crippen molar-refractivity contribution in [2.24, 2.45) is 0 Å². The van der Waals surface area contributed by atoms with Crippen molar-refractivity contribution in [3.63, 3.8) is 0 Å². The van der Waals surface area contributed by atoms with Crippen molar-refractivity contribution in [3.8, 4) is 0 Å². The third kappa shape index (κ3) is 2.89. The molecule has 0 radical (unpaired) electrons. The summed E-state index contributed by atoms with van der Waals surface area (Å²) in [6, 6.07) is 4.07. The Morgan fingerprint density at radius 1 is 1.19 bits per heavy atom.